The highest BCUT2D eigenvalue weighted by Gasteiger charge is 2.37. The van der Waals surface area contributed by atoms with Gasteiger partial charge in [-0.3, -0.25) is 0 Å². The van der Waals surface area contributed by atoms with Crippen LogP contribution in [-0.4, -0.2) is 20.3 Å². The Hall–Kier alpha value is -0.0800. The van der Waals surface area contributed by atoms with Crippen molar-refractivity contribution in [2.45, 2.75) is 52.9 Å². The first kappa shape index (κ1) is 14.0. The van der Waals surface area contributed by atoms with Gasteiger partial charge in [0.2, 0.25) is 0 Å². The minimum atomic E-state index is 0.373. The van der Waals surface area contributed by atoms with E-state index in [1.807, 2.05) is 0 Å². The van der Waals surface area contributed by atoms with Crippen molar-refractivity contribution >= 4 is 0 Å². The lowest BCUT2D eigenvalue weighted by molar-refractivity contribution is 0.0609. The molecule has 0 unspecified atom stereocenters. The van der Waals surface area contributed by atoms with Crippen LogP contribution < -0.4 is 5.73 Å². The fraction of sp³-hybridized carbons (Fsp3) is 1.00. The van der Waals surface area contributed by atoms with Crippen LogP contribution in [0, 0.1) is 16.7 Å². The van der Waals surface area contributed by atoms with Crippen LogP contribution in [0.5, 0.6) is 0 Å². The predicted molar refractivity (Wildman–Crippen MR) is 69.4 cm³/mol. The lowest BCUT2D eigenvalue weighted by Gasteiger charge is -2.43. The fourth-order valence-electron chi connectivity index (χ4n) is 2.97. The molecule has 1 aliphatic rings. The molecule has 96 valence electrons. The molecule has 2 nitrogen and oxygen atoms in total. The lowest BCUT2D eigenvalue weighted by atomic mass is 9.63. The second kappa shape index (κ2) is 5.50. The number of nitrogens with two attached hydrogens (primary N) is 1. The van der Waals surface area contributed by atoms with Gasteiger partial charge in [-0.15, -0.1) is 0 Å². The Morgan fingerprint density at radius 1 is 1.25 bits per heavy atom. The summed E-state index contributed by atoms with van der Waals surface area (Å²) in [5.41, 5.74) is 6.81. The maximum atomic E-state index is 5.98. The molecule has 0 radical (unpaired) electrons. The van der Waals surface area contributed by atoms with Crippen molar-refractivity contribution in [2.75, 3.05) is 20.3 Å². The van der Waals surface area contributed by atoms with E-state index in [9.17, 15) is 0 Å². The molecule has 0 aromatic rings. The number of ether oxygens (including phenoxy) is 1. The molecular weight excluding hydrogens is 198 g/mol. The molecule has 0 aliphatic heterocycles. The van der Waals surface area contributed by atoms with Gasteiger partial charge in [0.15, 0.2) is 0 Å². The molecule has 1 saturated carbocycles. The Balaban J connectivity index is 2.50. The molecular formula is C14H29NO. The molecule has 0 saturated heterocycles. The topological polar surface area (TPSA) is 35.2 Å². The van der Waals surface area contributed by atoms with E-state index >= 15 is 0 Å². The first-order valence-corrected chi connectivity index (χ1v) is 6.62. The molecule has 0 bridgehead atoms. The molecule has 0 amide bonds. The molecule has 0 atom stereocenters. The molecule has 1 rings (SSSR count). The van der Waals surface area contributed by atoms with Crippen LogP contribution in [-0.2, 0) is 4.74 Å². The SMILES string of the molecule is COCCC1(CN)CCC(C(C)(C)C)CC1. The van der Waals surface area contributed by atoms with Gasteiger partial charge in [0.05, 0.1) is 0 Å². The molecule has 1 fully saturated rings. The maximum absolute atomic E-state index is 5.98. The van der Waals surface area contributed by atoms with Crippen molar-refractivity contribution in [3.8, 4) is 0 Å². The van der Waals surface area contributed by atoms with Gasteiger partial charge in [-0.05, 0) is 55.4 Å². The molecule has 2 heteroatoms. The predicted octanol–water partition coefficient (Wildman–Crippen LogP) is 3.20. The minimum Gasteiger partial charge on any atom is -0.385 e. The van der Waals surface area contributed by atoms with Gasteiger partial charge in [0.25, 0.3) is 0 Å². The summed E-state index contributed by atoms with van der Waals surface area (Å²) in [6.45, 7) is 8.78. The summed E-state index contributed by atoms with van der Waals surface area (Å²) in [5, 5.41) is 0. The third kappa shape index (κ3) is 3.46. The number of hydrogen-bond donors (Lipinski definition) is 1. The van der Waals surface area contributed by atoms with Crippen LogP contribution in [0.25, 0.3) is 0 Å². The van der Waals surface area contributed by atoms with Gasteiger partial charge in [0.1, 0.15) is 0 Å². The Morgan fingerprint density at radius 3 is 2.19 bits per heavy atom. The number of rotatable bonds is 4. The minimum absolute atomic E-state index is 0.373. The molecule has 1 aliphatic carbocycles. The third-order valence-corrected chi connectivity index (χ3v) is 4.54. The van der Waals surface area contributed by atoms with Crippen LogP contribution in [0.1, 0.15) is 52.9 Å². The second-order valence-electron chi connectivity index (χ2n) is 6.59. The highest BCUT2D eigenvalue weighted by Crippen LogP contribution is 2.46. The standard InChI is InChI=1S/C14H29NO/c1-13(2,3)12-5-7-14(11-15,8-6-12)9-10-16-4/h12H,5-11,15H2,1-4H3. The van der Waals surface area contributed by atoms with E-state index in [0.717, 1.165) is 25.5 Å². The van der Waals surface area contributed by atoms with Gasteiger partial charge in [0, 0.05) is 13.7 Å². The van der Waals surface area contributed by atoms with Gasteiger partial charge in [-0.1, -0.05) is 20.8 Å². The highest BCUT2D eigenvalue weighted by atomic mass is 16.5. The van der Waals surface area contributed by atoms with Crippen LogP contribution in [0.3, 0.4) is 0 Å². The Bertz CT molecular complexity index is 199. The van der Waals surface area contributed by atoms with E-state index in [2.05, 4.69) is 20.8 Å². The fourth-order valence-corrected chi connectivity index (χ4v) is 2.97. The maximum Gasteiger partial charge on any atom is 0.0468 e. The quantitative estimate of drug-likeness (QED) is 0.800. The Morgan fingerprint density at radius 2 is 1.81 bits per heavy atom. The van der Waals surface area contributed by atoms with Gasteiger partial charge < -0.3 is 10.5 Å². The van der Waals surface area contributed by atoms with E-state index in [0.29, 0.717) is 10.8 Å². The Labute approximate surface area is 101 Å². The first-order valence-electron chi connectivity index (χ1n) is 6.62. The van der Waals surface area contributed by atoms with Gasteiger partial charge >= 0.3 is 0 Å². The monoisotopic (exact) mass is 227 g/mol. The van der Waals surface area contributed by atoms with Crippen molar-refractivity contribution in [1.29, 1.82) is 0 Å². The zero-order valence-corrected chi connectivity index (χ0v) is 11.5. The van der Waals surface area contributed by atoms with Gasteiger partial charge in [-0.2, -0.15) is 0 Å². The highest BCUT2D eigenvalue weighted by molar-refractivity contribution is 4.89. The average Bonchev–Trinajstić information content (AvgIpc) is 2.26. The molecule has 0 aromatic heterocycles. The number of hydrogen-bond acceptors (Lipinski definition) is 2. The average molecular weight is 227 g/mol. The van der Waals surface area contributed by atoms with Crippen molar-refractivity contribution < 1.29 is 4.74 Å². The summed E-state index contributed by atoms with van der Waals surface area (Å²) in [6, 6.07) is 0. The van der Waals surface area contributed by atoms with E-state index in [4.69, 9.17) is 10.5 Å². The summed E-state index contributed by atoms with van der Waals surface area (Å²) in [4.78, 5) is 0. The van der Waals surface area contributed by atoms with Crippen LogP contribution in [0.15, 0.2) is 0 Å². The van der Waals surface area contributed by atoms with Crippen molar-refractivity contribution in [3.05, 3.63) is 0 Å². The summed E-state index contributed by atoms with van der Waals surface area (Å²) in [5.74, 6) is 0.870. The normalized spacial score (nSPS) is 31.7. The number of methoxy groups -OCH3 is 1. The van der Waals surface area contributed by atoms with E-state index in [-0.39, 0.29) is 0 Å². The summed E-state index contributed by atoms with van der Waals surface area (Å²) >= 11 is 0. The molecule has 0 heterocycles. The van der Waals surface area contributed by atoms with Crippen LogP contribution in [0.2, 0.25) is 0 Å². The largest absolute Gasteiger partial charge is 0.385 e. The van der Waals surface area contributed by atoms with Crippen molar-refractivity contribution in [2.24, 2.45) is 22.5 Å². The first-order chi connectivity index (χ1) is 7.43. The summed E-state index contributed by atoms with van der Waals surface area (Å²) in [6.07, 6.45) is 6.38. The lowest BCUT2D eigenvalue weighted by Crippen LogP contribution is -2.38. The summed E-state index contributed by atoms with van der Waals surface area (Å²) in [7, 11) is 1.78. The third-order valence-electron chi connectivity index (χ3n) is 4.54. The zero-order chi connectivity index (χ0) is 12.2. The second-order valence-corrected chi connectivity index (χ2v) is 6.59. The van der Waals surface area contributed by atoms with Crippen LogP contribution in [0.4, 0.5) is 0 Å². The molecule has 16 heavy (non-hydrogen) atoms. The molecule has 2 N–H and O–H groups in total. The van der Waals surface area contributed by atoms with E-state index in [1.165, 1.54) is 25.7 Å². The zero-order valence-electron chi connectivity index (χ0n) is 11.5. The van der Waals surface area contributed by atoms with E-state index in [1.54, 1.807) is 7.11 Å². The summed E-state index contributed by atoms with van der Waals surface area (Å²) < 4.78 is 5.21. The smallest absolute Gasteiger partial charge is 0.0468 e. The molecule has 0 aromatic carbocycles. The van der Waals surface area contributed by atoms with Crippen LogP contribution >= 0.6 is 0 Å². The van der Waals surface area contributed by atoms with E-state index < -0.39 is 0 Å². The van der Waals surface area contributed by atoms with Gasteiger partial charge in [-0.25, -0.2) is 0 Å². The Kier molecular flexibility index (Phi) is 4.81. The van der Waals surface area contributed by atoms with Crippen molar-refractivity contribution in [1.82, 2.24) is 0 Å². The van der Waals surface area contributed by atoms with Crippen molar-refractivity contribution in [3.63, 3.8) is 0 Å². The molecule has 0 spiro atoms.